The zero-order valence-electron chi connectivity index (χ0n) is 14.7. The molecular formula is C23H20ClNO. The van der Waals surface area contributed by atoms with Crippen LogP contribution >= 0.6 is 11.6 Å². The number of hydrogen-bond acceptors (Lipinski definition) is 1. The van der Waals surface area contributed by atoms with E-state index in [0.29, 0.717) is 11.6 Å². The van der Waals surface area contributed by atoms with E-state index in [0.717, 1.165) is 23.1 Å². The third-order valence-electron chi connectivity index (χ3n) is 5.11. The standard InChI is InChI=1S/C23H20ClNO/c1-16-6-2-4-8-20(16)23(26)25-15-14-17-7-3-5-9-21(17)22(25)18-10-12-19(24)13-11-18/h2-13,22H,14-15H2,1H3/t22-/m0/s1. The summed E-state index contributed by atoms with van der Waals surface area (Å²) in [4.78, 5) is 15.4. The van der Waals surface area contributed by atoms with Crippen molar-refractivity contribution in [1.29, 1.82) is 0 Å². The summed E-state index contributed by atoms with van der Waals surface area (Å²) >= 11 is 6.09. The molecule has 0 N–H and O–H groups in total. The number of nitrogens with zero attached hydrogens (tertiary/aromatic N) is 1. The molecule has 3 aromatic carbocycles. The number of fused-ring (bicyclic) bond motifs is 1. The Labute approximate surface area is 159 Å². The number of halogens is 1. The molecule has 1 heterocycles. The average Bonchev–Trinajstić information content (AvgIpc) is 2.68. The summed E-state index contributed by atoms with van der Waals surface area (Å²) in [7, 11) is 0. The van der Waals surface area contributed by atoms with Crippen molar-refractivity contribution in [1.82, 2.24) is 4.90 Å². The molecule has 0 bridgehead atoms. The van der Waals surface area contributed by atoms with Crippen LogP contribution in [0.25, 0.3) is 0 Å². The van der Waals surface area contributed by atoms with Crippen molar-refractivity contribution in [2.45, 2.75) is 19.4 Å². The zero-order chi connectivity index (χ0) is 18.1. The third kappa shape index (κ3) is 3.02. The van der Waals surface area contributed by atoms with E-state index in [1.807, 2.05) is 66.4 Å². The minimum atomic E-state index is -0.0932. The van der Waals surface area contributed by atoms with E-state index in [1.165, 1.54) is 11.1 Å². The molecule has 2 nitrogen and oxygen atoms in total. The van der Waals surface area contributed by atoms with Gasteiger partial charge in [0.1, 0.15) is 0 Å². The smallest absolute Gasteiger partial charge is 0.254 e. The van der Waals surface area contributed by atoms with E-state index >= 15 is 0 Å². The highest BCUT2D eigenvalue weighted by atomic mass is 35.5. The van der Waals surface area contributed by atoms with Gasteiger partial charge >= 0.3 is 0 Å². The number of benzene rings is 3. The summed E-state index contributed by atoms with van der Waals surface area (Å²) in [6, 6.07) is 23.9. The number of rotatable bonds is 2. The van der Waals surface area contributed by atoms with Crippen LogP contribution in [0.15, 0.2) is 72.8 Å². The van der Waals surface area contributed by atoms with Gasteiger partial charge < -0.3 is 4.90 Å². The Morgan fingerprint density at radius 1 is 0.962 bits per heavy atom. The molecule has 26 heavy (non-hydrogen) atoms. The molecule has 3 heteroatoms. The van der Waals surface area contributed by atoms with Crippen molar-refractivity contribution < 1.29 is 4.79 Å². The maximum Gasteiger partial charge on any atom is 0.254 e. The van der Waals surface area contributed by atoms with Crippen LogP contribution in [0.5, 0.6) is 0 Å². The highest BCUT2D eigenvalue weighted by molar-refractivity contribution is 6.30. The predicted molar refractivity (Wildman–Crippen MR) is 106 cm³/mol. The lowest BCUT2D eigenvalue weighted by Gasteiger charge is -2.38. The van der Waals surface area contributed by atoms with Gasteiger partial charge in [-0.3, -0.25) is 4.79 Å². The van der Waals surface area contributed by atoms with Crippen LogP contribution in [-0.4, -0.2) is 17.4 Å². The topological polar surface area (TPSA) is 20.3 Å². The van der Waals surface area contributed by atoms with Crippen molar-refractivity contribution in [2.24, 2.45) is 0 Å². The van der Waals surface area contributed by atoms with Gasteiger partial charge in [-0.2, -0.15) is 0 Å². The van der Waals surface area contributed by atoms with Crippen LogP contribution in [0, 0.1) is 6.92 Å². The van der Waals surface area contributed by atoms with Crippen LogP contribution in [-0.2, 0) is 6.42 Å². The fraction of sp³-hybridized carbons (Fsp3) is 0.174. The van der Waals surface area contributed by atoms with Gasteiger partial charge in [0.15, 0.2) is 0 Å². The van der Waals surface area contributed by atoms with E-state index in [4.69, 9.17) is 11.6 Å². The molecule has 0 unspecified atom stereocenters. The van der Waals surface area contributed by atoms with Crippen molar-refractivity contribution in [2.75, 3.05) is 6.54 Å². The van der Waals surface area contributed by atoms with Crippen LogP contribution in [0.4, 0.5) is 0 Å². The lowest BCUT2D eigenvalue weighted by molar-refractivity contribution is 0.0694. The van der Waals surface area contributed by atoms with E-state index in [2.05, 4.69) is 18.2 Å². The fourth-order valence-corrected chi connectivity index (χ4v) is 3.88. The van der Waals surface area contributed by atoms with Gasteiger partial charge in [-0.1, -0.05) is 66.2 Å². The SMILES string of the molecule is Cc1ccccc1C(=O)N1CCc2ccccc2[C@@H]1c1ccc(Cl)cc1. The van der Waals surface area contributed by atoms with E-state index in [1.54, 1.807) is 0 Å². The molecule has 0 aromatic heterocycles. The monoisotopic (exact) mass is 361 g/mol. The molecule has 3 aromatic rings. The Kier molecular flexibility index (Phi) is 4.52. The molecule has 1 aliphatic rings. The van der Waals surface area contributed by atoms with E-state index in [-0.39, 0.29) is 11.9 Å². The number of carbonyl (C=O) groups is 1. The van der Waals surface area contributed by atoms with Crippen molar-refractivity contribution >= 4 is 17.5 Å². The zero-order valence-corrected chi connectivity index (χ0v) is 15.4. The van der Waals surface area contributed by atoms with Gasteiger partial charge in [-0.25, -0.2) is 0 Å². The molecular weight excluding hydrogens is 342 g/mol. The first-order valence-corrected chi connectivity index (χ1v) is 9.23. The van der Waals surface area contributed by atoms with Gasteiger partial charge in [0, 0.05) is 17.1 Å². The molecule has 0 spiro atoms. The second-order valence-electron chi connectivity index (χ2n) is 6.72. The maximum atomic E-state index is 13.4. The molecule has 1 amide bonds. The largest absolute Gasteiger partial charge is 0.327 e. The van der Waals surface area contributed by atoms with Crippen LogP contribution in [0.2, 0.25) is 5.02 Å². The van der Waals surface area contributed by atoms with Gasteiger partial charge in [0.25, 0.3) is 5.91 Å². The number of aryl methyl sites for hydroxylation is 1. The predicted octanol–water partition coefficient (Wildman–Crippen LogP) is 5.44. The van der Waals surface area contributed by atoms with Gasteiger partial charge in [-0.05, 0) is 53.8 Å². The minimum Gasteiger partial charge on any atom is -0.327 e. The van der Waals surface area contributed by atoms with Crippen molar-refractivity contribution in [3.8, 4) is 0 Å². The third-order valence-corrected chi connectivity index (χ3v) is 5.36. The highest BCUT2D eigenvalue weighted by Crippen LogP contribution is 2.36. The maximum absolute atomic E-state index is 13.4. The molecule has 1 aliphatic heterocycles. The summed E-state index contributed by atoms with van der Waals surface area (Å²) < 4.78 is 0. The van der Waals surface area contributed by atoms with Crippen LogP contribution < -0.4 is 0 Å². The summed E-state index contributed by atoms with van der Waals surface area (Å²) in [6.45, 7) is 2.69. The molecule has 0 fully saturated rings. The normalized spacial score (nSPS) is 16.2. The first-order chi connectivity index (χ1) is 12.6. The first kappa shape index (κ1) is 16.9. The Morgan fingerprint density at radius 2 is 1.65 bits per heavy atom. The van der Waals surface area contributed by atoms with E-state index in [9.17, 15) is 4.79 Å². The molecule has 0 radical (unpaired) electrons. The Morgan fingerprint density at radius 3 is 2.42 bits per heavy atom. The molecule has 0 saturated carbocycles. The Bertz CT molecular complexity index is 948. The van der Waals surface area contributed by atoms with Crippen molar-refractivity contribution in [3.63, 3.8) is 0 Å². The summed E-state index contributed by atoms with van der Waals surface area (Å²) in [5.41, 5.74) is 5.37. The van der Waals surface area contributed by atoms with E-state index < -0.39 is 0 Å². The summed E-state index contributed by atoms with van der Waals surface area (Å²) in [5, 5.41) is 0.703. The van der Waals surface area contributed by atoms with Crippen LogP contribution in [0.3, 0.4) is 0 Å². The summed E-state index contributed by atoms with van der Waals surface area (Å²) in [6.07, 6.45) is 0.873. The lowest BCUT2D eigenvalue weighted by Crippen LogP contribution is -2.40. The van der Waals surface area contributed by atoms with Crippen molar-refractivity contribution in [3.05, 3.63) is 106 Å². The molecule has 4 rings (SSSR count). The number of hydrogen-bond donors (Lipinski definition) is 0. The molecule has 130 valence electrons. The average molecular weight is 362 g/mol. The van der Waals surface area contributed by atoms with Gasteiger partial charge in [0.05, 0.1) is 6.04 Å². The van der Waals surface area contributed by atoms with Gasteiger partial charge in [-0.15, -0.1) is 0 Å². The molecule has 0 aliphatic carbocycles. The number of carbonyl (C=O) groups excluding carboxylic acids is 1. The Hall–Kier alpha value is -2.58. The minimum absolute atomic E-state index is 0.0811. The first-order valence-electron chi connectivity index (χ1n) is 8.85. The molecule has 0 saturated heterocycles. The second-order valence-corrected chi connectivity index (χ2v) is 7.15. The molecule has 1 atom stereocenters. The quantitative estimate of drug-likeness (QED) is 0.595. The lowest BCUT2D eigenvalue weighted by atomic mass is 9.87. The fourth-order valence-electron chi connectivity index (χ4n) is 3.76. The van der Waals surface area contributed by atoms with Crippen LogP contribution in [0.1, 0.15) is 38.7 Å². The number of amides is 1. The Balaban J connectivity index is 1.82. The van der Waals surface area contributed by atoms with Gasteiger partial charge in [0.2, 0.25) is 0 Å². The summed E-state index contributed by atoms with van der Waals surface area (Å²) in [5.74, 6) is 0.0811. The highest BCUT2D eigenvalue weighted by Gasteiger charge is 2.32. The second kappa shape index (κ2) is 6.97.